The molecular formula is C10H14O4. The summed E-state index contributed by atoms with van der Waals surface area (Å²) in [5.41, 5.74) is -0.394. The van der Waals surface area contributed by atoms with E-state index in [-0.39, 0.29) is 0 Å². The highest BCUT2D eigenvalue weighted by Crippen LogP contribution is 2.37. The van der Waals surface area contributed by atoms with Crippen LogP contribution in [0.25, 0.3) is 0 Å². The molecule has 1 rings (SSSR count). The van der Waals surface area contributed by atoms with Crippen molar-refractivity contribution in [2.75, 3.05) is 7.11 Å². The molecule has 4 heteroatoms. The zero-order chi connectivity index (χ0) is 10.8. The molecule has 0 unspecified atom stereocenters. The molecule has 0 bridgehead atoms. The molecule has 1 aliphatic carbocycles. The summed E-state index contributed by atoms with van der Waals surface area (Å²) in [4.78, 5) is 15.7. The van der Waals surface area contributed by atoms with Gasteiger partial charge in [0.25, 0.3) is 0 Å². The third-order valence-electron chi connectivity index (χ3n) is 2.59. The Bertz CT molecular complexity index is 282. The van der Waals surface area contributed by atoms with E-state index in [2.05, 4.69) is 16.2 Å². The van der Waals surface area contributed by atoms with Gasteiger partial charge >= 0.3 is 5.97 Å². The van der Waals surface area contributed by atoms with Crippen molar-refractivity contribution >= 4 is 5.97 Å². The first-order valence-electron chi connectivity index (χ1n) is 4.32. The van der Waals surface area contributed by atoms with Gasteiger partial charge in [-0.15, -0.1) is 0 Å². The summed E-state index contributed by atoms with van der Waals surface area (Å²) in [7, 11) is 1.32. The second-order valence-electron chi connectivity index (χ2n) is 3.45. The van der Waals surface area contributed by atoms with E-state index < -0.39 is 17.5 Å². The lowest BCUT2D eigenvalue weighted by atomic mass is 9.75. The van der Waals surface area contributed by atoms with E-state index in [0.717, 1.165) is 0 Å². The largest absolute Gasteiger partial charge is 0.468 e. The van der Waals surface area contributed by atoms with E-state index >= 15 is 0 Å². The van der Waals surface area contributed by atoms with Crippen LogP contribution in [0.3, 0.4) is 0 Å². The van der Waals surface area contributed by atoms with Crippen LogP contribution in [0.15, 0.2) is 24.3 Å². The van der Waals surface area contributed by atoms with Gasteiger partial charge in [0.2, 0.25) is 0 Å². The summed E-state index contributed by atoms with van der Waals surface area (Å²) < 4.78 is 4.67. The van der Waals surface area contributed by atoms with Crippen molar-refractivity contribution in [2.24, 2.45) is 5.41 Å². The zero-order valence-electron chi connectivity index (χ0n) is 8.32. The van der Waals surface area contributed by atoms with Gasteiger partial charge in [-0.05, 0) is 18.9 Å². The number of carbonyl (C=O) groups excluding carboxylic acids is 1. The van der Waals surface area contributed by atoms with E-state index in [1.165, 1.54) is 7.11 Å². The lowest BCUT2D eigenvalue weighted by molar-refractivity contribution is -0.270. The Hall–Kier alpha value is -1.13. The molecule has 1 aliphatic rings. The second-order valence-corrected chi connectivity index (χ2v) is 3.45. The number of methoxy groups -OCH3 is 1. The fourth-order valence-electron chi connectivity index (χ4n) is 1.53. The van der Waals surface area contributed by atoms with Gasteiger partial charge in [0, 0.05) is 0 Å². The summed E-state index contributed by atoms with van der Waals surface area (Å²) in [5, 5.41) is 8.60. The van der Waals surface area contributed by atoms with E-state index in [9.17, 15) is 4.79 Å². The third kappa shape index (κ3) is 1.58. The van der Waals surface area contributed by atoms with Gasteiger partial charge in [-0.25, -0.2) is 4.89 Å². The van der Waals surface area contributed by atoms with Crippen molar-refractivity contribution in [3.8, 4) is 0 Å². The predicted octanol–water partition coefficient (Wildman–Crippen LogP) is 1.54. The molecule has 0 heterocycles. The Labute approximate surface area is 82.8 Å². The fourth-order valence-corrected chi connectivity index (χ4v) is 1.53. The van der Waals surface area contributed by atoms with Gasteiger partial charge in [-0.3, -0.25) is 10.1 Å². The first kappa shape index (κ1) is 10.9. The standard InChI is InChI=1S/C10H14O4/c1-7-8(14-12)5-4-6-10(7,2)9(11)13-3/h4,6,8,12H,1,5H2,2-3H3/t8-,10+/m0/s1. The van der Waals surface area contributed by atoms with Gasteiger partial charge in [0.15, 0.2) is 0 Å². The molecule has 0 aromatic rings. The first-order valence-corrected chi connectivity index (χ1v) is 4.32. The summed E-state index contributed by atoms with van der Waals surface area (Å²) in [5.74, 6) is -0.402. The first-order chi connectivity index (χ1) is 6.56. The number of esters is 1. The summed E-state index contributed by atoms with van der Waals surface area (Å²) in [6.07, 6.45) is 3.47. The predicted molar refractivity (Wildman–Crippen MR) is 50.5 cm³/mol. The Morgan fingerprint density at radius 3 is 2.93 bits per heavy atom. The quantitative estimate of drug-likeness (QED) is 0.316. The minimum Gasteiger partial charge on any atom is -0.468 e. The zero-order valence-corrected chi connectivity index (χ0v) is 8.32. The minimum atomic E-state index is -0.902. The number of hydrogen-bond acceptors (Lipinski definition) is 4. The molecule has 0 spiro atoms. The Kier molecular flexibility index (Phi) is 3.08. The van der Waals surface area contributed by atoms with Crippen molar-refractivity contribution in [3.63, 3.8) is 0 Å². The average Bonchev–Trinajstić information content (AvgIpc) is 2.21. The molecule has 0 fully saturated rings. The van der Waals surface area contributed by atoms with Crippen molar-refractivity contribution in [3.05, 3.63) is 24.3 Å². The van der Waals surface area contributed by atoms with Crippen LogP contribution in [0.4, 0.5) is 0 Å². The van der Waals surface area contributed by atoms with E-state index in [1.54, 1.807) is 19.1 Å². The van der Waals surface area contributed by atoms with Gasteiger partial charge in [-0.2, -0.15) is 0 Å². The van der Waals surface area contributed by atoms with E-state index in [1.807, 2.05) is 0 Å². The second kappa shape index (κ2) is 3.94. The fraction of sp³-hybridized carbons (Fsp3) is 0.500. The highest BCUT2D eigenvalue weighted by atomic mass is 17.1. The molecule has 1 N–H and O–H groups in total. The molecule has 78 valence electrons. The third-order valence-corrected chi connectivity index (χ3v) is 2.59. The molecule has 0 radical (unpaired) electrons. The van der Waals surface area contributed by atoms with Crippen molar-refractivity contribution in [1.82, 2.24) is 0 Å². The molecule has 0 aromatic carbocycles. The SMILES string of the molecule is C=C1[C@@H](OO)CC=C[C@@]1(C)C(=O)OC. The number of ether oxygens (including phenoxy) is 1. The minimum absolute atomic E-state index is 0.402. The Morgan fingerprint density at radius 1 is 1.79 bits per heavy atom. The molecule has 0 saturated carbocycles. The molecule has 14 heavy (non-hydrogen) atoms. The summed E-state index contributed by atoms with van der Waals surface area (Å²) in [6.45, 7) is 5.43. The van der Waals surface area contributed by atoms with Crippen LogP contribution >= 0.6 is 0 Å². The van der Waals surface area contributed by atoms with Gasteiger partial charge in [0.05, 0.1) is 7.11 Å². The molecule has 0 saturated heterocycles. The van der Waals surface area contributed by atoms with Crippen LogP contribution in [0.1, 0.15) is 13.3 Å². The number of hydrogen-bond donors (Lipinski definition) is 1. The lowest BCUT2D eigenvalue weighted by Gasteiger charge is -2.32. The maximum Gasteiger partial charge on any atom is 0.319 e. The summed E-state index contributed by atoms with van der Waals surface area (Å²) >= 11 is 0. The number of rotatable bonds is 2. The Morgan fingerprint density at radius 2 is 2.43 bits per heavy atom. The maximum atomic E-state index is 11.5. The molecule has 0 amide bonds. The smallest absolute Gasteiger partial charge is 0.319 e. The van der Waals surface area contributed by atoms with Crippen LogP contribution < -0.4 is 0 Å². The highest BCUT2D eigenvalue weighted by Gasteiger charge is 2.40. The van der Waals surface area contributed by atoms with Crippen molar-refractivity contribution in [2.45, 2.75) is 19.4 Å². The topological polar surface area (TPSA) is 55.8 Å². The Balaban J connectivity index is 2.98. The van der Waals surface area contributed by atoms with E-state index in [0.29, 0.717) is 12.0 Å². The summed E-state index contributed by atoms with van der Waals surface area (Å²) in [6, 6.07) is 0. The van der Waals surface area contributed by atoms with Gasteiger partial charge in [0.1, 0.15) is 11.5 Å². The molecule has 0 aliphatic heterocycles. The molecule has 0 aromatic heterocycles. The van der Waals surface area contributed by atoms with Crippen LogP contribution in [0.5, 0.6) is 0 Å². The van der Waals surface area contributed by atoms with Crippen LogP contribution in [0, 0.1) is 5.41 Å². The normalized spacial score (nSPS) is 31.6. The van der Waals surface area contributed by atoms with Gasteiger partial charge < -0.3 is 4.74 Å². The van der Waals surface area contributed by atoms with Crippen LogP contribution in [-0.2, 0) is 14.4 Å². The van der Waals surface area contributed by atoms with Crippen LogP contribution in [-0.4, -0.2) is 24.4 Å². The molecule has 4 nitrogen and oxygen atoms in total. The van der Waals surface area contributed by atoms with Crippen LogP contribution in [0.2, 0.25) is 0 Å². The maximum absolute atomic E-state index is 11.5. The van der Waals surface area contributed by atoms with Crippen molar-refractivity contribution < 1.29 is 19.7 Å². The molecule has 2 atom stereocenters. The molecular weight excluding hydrogens is 184 g/mol. The van der Waals surface area contributed by atoms with Crippen molar-refractivity contribution in [1.29, 1.82) is 0 Å². The van der Waals surface area contributed by atoms with E-state index in [4.69, 9.17) is 5.26 Å². The average molecular weight is 198 g/mol. The van der Waals surface area contributed by atoms with Gasteiger partial charge in [-0.1, -0.05) is 18.7 Å². The number of carbonyl (C=O) groups is 1. The monoisotopic (exact) mass is 198 g/mol. The highest BCUT2D eigenvalue weighted by molar-refractivity contribution is 5.83. The lowest BCUT2D eigenvalue weighted by Crippen LogP contribution is -2.36.